The Morgan fingerprint density at radius 2 is 1.43 bits per heavy atom. The van der Waals surface area contributed by atoms with Crippen LogP contribution in [-0.4, -0.2) is 65.4 Å². The van der Waals surface area contributed by atoms with Gasteiger partial charge in [-0.15, -0.1) is 15.8 Å². The Morgan fingerprint density at radius 3 is 1.79 bits per heavy atom. The molecule has 0 heterocycles. The quantitative estimate of drug-likeness (QED) is 0.478. The monoisotopic (exact) mass is 238 g/mol. The average molecular weight is 238 g/mol. The SMILES string of the molecule is COCCOC(CP(C)C)CP(C)C. The molecule has 0 aromatic carbocycles. The van der Waals surface area contributed by atoms with Gasteiger partial charge in [-0.3, -0.25) is 0 Å². The number of ether oxygens (including phenoxy) is 2. The lowest BCUT2D eigenvalue weighted by molar-refractivity contribution is 0.0386. The summed E-state index contributed by atoms with van der Waals surface area (Å²) in [7, 11) is 2.03. The zero-order valence-electron chi connectivity index (χ0n) is 10.1. The molecule has 0 aromatic heterocycles. The van der Waals surface area contributed by atoms with Crippen LogP contribution in [0.25, 0.3) is 0 Å². The molecule has 4 heteroatoms. The molecular formula is C10H24O2P2. The third-order valence-corrected chi connectivity index (χ3v) is 4.05. The molecule has 0 unspecified atom stereocenters. The first-order valence-corrected chi connectivity index (χ1v) is 9.80. The highest BCUT2D eigenvalue weighted by molar-refractivity contribution is 7.57. The average Bonchev–Trinajstić information content (AvgIpc) is 2.02. The molecule has 86 valence electrons. The van der Waals surface area contributed by atoms with E-state index in [9.17, 15) is 0 Å². The Kier molecular flexibility index (Phi) is 9.54. The van der Waals surface area contributed by atoms with E-state index in [2.05, 4.69) is 26.7 Å². The largest absolute Gasteiger partial charge is 0.382 e. The third kappa shape index (κ3) is 9.34. The van der Waals surface area contributed by atoms with E-state index >= 15 is 0 Å². The number of hydrogen-bond acceptors (Lipinski definition) is 2. The van der Waals surface area contributed by atoms with Crippen LogP contribution in [0.15, 0.2) is 0 Å². The summed E-state index contributed by atoms with van der Waals surface area (Å²) in [5, 5.41) is 0. The Hall–Kier alpha value is 0.780. The van der Waals surface area contributed by atoms with Crippen molar-refractivity contribution in [3.8, 4) is 0 Å². The Labute approximate surface area is 91.3 Å². The lowest BCUT2D eigenvalue weighted by Gasteiger charge is -2.21. The summed E-state index contributed by atoms with van der Waals surface area (Å²) < 4.78 is 10.8. The van der Waals surface area contributed by atoms with Crippen LogP contribution < -0.4 is 0 Å². The van der Waals surface area contributed by atoms with Gasteiger partial charge in [0.05, 0.1) is 19.3 Å². The van der Waals surface area contributed by atoms with E-state index in [1.54, 1.807) is 7.11 Å². The van der Waals surface area contributed by atoms with Crippen molar-refractivity contribution in [2.45, 2.75) is 6.10 Å². The van der Waals surface area contributed by atoms with E-state index in [0.717, 1.165) is 6.61 Å². The molecule has 0 atom stereocenters. The fourth-order valence-electron chi connectivity index (χ4n) is 1.28. The lowest BCUT2D eigenvalue weighted by Crippen LogP contribution is -2.22. The third-order valence-electron chi connectivity index (χ3n) is 1.78. The smallest absolute Gasteiger partial charge is 0.0704 e. The van der Waals surface area contributed by atoms with Crippen molar-refractivity contribution in [1.82, 2.24) is 0 Å². The summed E-state index contributed by atoms with van der Waals surface area (Å²) in [4.78, 5) is 0. The minimum atomic E-state index is 0.153. The second kappa shape index (κ2) is 9.04. The topological polar surface area (TPSA) is 18.5 Å². The van der Waals surface area contributed by atoms with Gasteiger partial charge < -0.3 is 9.47 Å². The van der Waals surface area contributed by atoms with E-state index in [1.807, 2.05) is 0 Å². The Bertz CT molecular complexity index is 119. The minimum absolute atomic E-state index is 0.153. The van der Waals surface area contributed by atoms with Crippen LogP contribution in [0, 0.1) is 0 Å². The molecule has 0 aliphatic rings. The van der Waals surface area contributed by atoms with Gasteiger partial charge in [-0.05, 0) is 39.0 Å². The summed E-state index contributed by atoms with van der Waals surface area (Å²) in [6.07, 6.45) is 2.94. The molecule has 0 amide bonds. The summed E-state index contributed by atoms with van der Waals surface area (Å²) in [5.74, 6) is 0. The molecule has 0 saturated heterocycles. The standard InChI is InChI=1S/C10H24O2P2/c1-11-6-7-12-10(8-13(2)3)9-14(4)5/h10H,6-9H2,1-5H3. The first-order chi connectivity index (χ1) is 6.56. The molecule has 0 aliphatic heterocycles. The highest BCUT2D eigenvalue weighted by atomic mass is 31.1. The second-order valence-corrected chi connectivity index (χ2v) is 9.06. The van der Waals surface area contributed by atoms with Crippen molar-refractivity contribution in [3.05, 3.63) is 0 Å². The first kappa shape index (κ1) is 14.8. The van der Waals surface area contributed by atoms with Gasteiger partial charge in [-0.2, -0.15) is 0 Å². The second-order valence-electron chi connectivity index (χ2n) is 4.01. The predicted molar refractivity (Wildman–Crippen MR) is 68.9 cm³/mol. The van der Waals surface area contributed by atoms with Crippen LogP contribution in [0.1, 0.15) is 0 Å². The molecular weight excluding hydrogens is 214 g/mol. The number of methoxy groups -OCH3 is 1. The van der Waals surface area contributed by atoms with Crippen molar-refractivity contribution in [3.63, 3.8) is 0 Å². The van der Waals surface area contributed by atoms with Crippen LogP contribution in [-0.2, 0) is 9.47 Å². The zero-order chi connectivity index (χ0) is 11.0. The fourth-order valence-corrected chi connectivity index (χ4v) is 3.58. The molecule has 2 nitrogen and oxygen atoms in total. The highest BCUT2D eigenvalue weighted by Crippen LogP contribution is 2.32. The molecule has 0 rings (SSSR count). The summed E-state index contributed by atoms with van der Waals surface area (Å²) >= 11 is 0. The predicted octanol–water partition coefficient (Wildman–Crippen LogP) is 2.50. The van der Waals surface area contributed by atoms with Gasteiger partial charge in [0.1, 0.15) is 0 Å². The highest BCUT2D eigenvalue weighted by Gasteiger charge is 2.12. The van der Waals surface area contributed by atoms with Crippen LogP contribution in [0.5, 0.6) is 0 Å². The zero-order valence-corrected chi connectivity index (χ0v) is 11.9. The van der Waals surface area contributed by atoms with Crippen LogP contribution in [0.3, 0.4) is 0 Å². The Balaban J connectivity index is 3.72. The molecule has 0 N–H and O–H groups in total. The number of rotatable bonds is 8. The maximum atomic E-state index is 5.81. The van der Waals surface area contributed by atoms with E-state index in [0.29, 0.717) is 12.7 Å². The van der Waals surface area contributed by atoms with E-state index in [-0.39, 0.29) is 15.8 Å². The summed E-state index contributed by atoms with van der Waals surface area (Å²) in [6.45, 7) is 10.7. The molecule has 0 spiro atoms. The fraction of sp³-hybridized carbons (Fsp3) is 1.00. The lowest BCUT2D eigenvalue weighted by atomic mass is 10.5. The normalized spacial score (nSPS) is 12.0. The molecule has 0 aromatic rings. The van der Waals surface area contributed by atoms with Gasteiger partial charge in [0.15, 0.2) is 0 Å². The van der Waals surface area contributed by atoms with Gasteiger partial charge in [0.2, 0.25) is 0 Å². The van der Waals surface area contributed by atoms with E-state index in [1.165, 1.54) is 12.3 Å². The number of hydrogen-bond donors (Lipinski definition) is 0. The van der Waals surface area contributed by atoms with Crippen LogP contribution >= 0.6 is 15.8 Å². The molecule has 0 radical (unpaired) electrons. The van der Waals surface area contributed by atoms with Crippen molar-refractivity contribution in [1.29, 1.82) is 0 Å². The van der Waals surface area contributed by atoms with Crippen molar-refractivity contribution >= 4 is 15.8 Å². The maximum absolute atomic E-state index is 5.81. The Morgan fingerprint density at radius 1 is 0.929 bits per heavy atom. The van der Waals surface area contributed by atoms with Crippen molar-refractivity contribution in [2.75, 3.05) is 59.3 Å². The van der Waals surface area contributed by atoms with Gasteiger partial charge in [-0.1, -0.05) is 0 Å². The van der Waals surface area contributed by atoms with Gasteiger partial charge in [0.25, 0.3) is 0 Å². The van der Waals surface area contributed by atoms with Gasteiger partial charge in [0, 0.05) is 7.11 Å². The van der Waals surface area contributed by atoms with Crippen LogP contribution in [0.2, 0.25) is 0 Å². The first-order valence-electron chi connectivity index (χ1n) is 4.96. The van der Waals surface area contributed by atoms with Crippen molar-refractivity contribution in [2.24, 2.45) is 0 Å². The summed E-state index contributed by atoms with van der Waals surface area (Å²) in [6, 6.07) is 0. The maximum Gasteiger partial charge on any atom is 0.0704 e. The van der Waals surface area contributed by atoms with Crippen LogP contribution in [0.4, 0.5) is 0 Å². The molecule has 0 bridgehead atoms. The molecule has 0 aliphatic carbocycles. The van der Waals surface area contributed by atoms with Crippen molar-refractivity contribution < 1.29 is 9.47 Å². The van der Waals surface area contributed by atoms with Gasteiger partial charge >= 0.3 is 0 Å². The van der Waals surface area contributed by atoms with E-state index in [4.69, 9.17) is 9.47 Å². The minimum Gasteiger partial charge on any atom is -0.382 e. The molecule has 0 saturated carbocycles. The van der Waals surface area contributed by atoms with Gasteiger partial charge in [-0.25, -0.2) is 0 Å². The van der Waals surface area contributed by atoms with E-state index < -0.39 is 0 Å². The molecule has 0 fully saturated rings. The summed E-state index contributed by atoms with van der Waals surface area (Å²) in [5.41, 5.74) is 0. The molecule has 14 heavy (non-hydrogen) atoms.